The molecule has 0 aliphatic heterocycles. The van der Waals surface area contributed by atoms with Gasteiger partial charge in [0.2, 0.25) is 0 Å². The van der Waals surface area contributed by atoms with Crippen molar-refractivity contribution in [3.8, 4) is 0 Å². The van der Waals surface area contributed by atoms with Gasteiger partial charge in [-0.25, -0.2) is 8.42 Å². The first-order valence-corrected chi connectivity index (χ1v) is 7.63. The van der Waals surface area contributed by atoms with Crippen LogP contribution in [-0.4, -0.2) is 33.0 Å². The summed E-state index contributed by atoms with van der Waals surface area (Å²) in [5, 5.41) is 3.41. The molecule has 0 aliphatic rings. The molecular formula is C11H25NO2S. The number of hydrogen-bond acceptors (Lipinski definition) is 3. The lowest BCUT2D eigenvalue weighted by Crippen LogP contribution is -2.36. The van der Waals surface area contributed by atoms with E-state index in [-0.39, 0.29) is 11.2 Å². The predicted octanol–water partition coefficient (Wildman–Crippen LogP) is 1.84. The topological polar surface area (TPSA) is 46.2 Å². The van der Waals surface area contributed by atoms with Crippen molar-refractivity contribution in [1.82, 2.24) is 5.32 Å². The van der Waals surface area contributed by atoms with Crippen molar-refractivity contribution in [3.63, 3.8) is 0 Å². The molecule has 0 saturated heterocycles. The van der Waals surface area contributed by atoms with E-state index < -0.39 is 9.84 Å². The summed E-state index contributed by atoms with van der Waals surface area (Å²) in [5.74, 6) is 0.280. The molecule has 1 atom stereocenters. The van der Waals surface area contributed by atoms with E-state index in [4.69, 9.17) is 0 Å². The Hall–Kier alpha value is -0.0900. The van der Waals surface area contributed by atoms with Gasteiger partial charge in [0.05, 0.1) is 5.75 Å². The highest BCUT2D eigenvalue weighted by atomic mass is 32.2. The Labute approximate surface area is 94.6 Å². The molecule has 0 aromatic carbocycles. The van der Waals surface area contributed by atoms with E-state index in [1.165, 1.54) is 6.26 Å². The van der Waals surface area contributed by atoms with E-state index >= 15 is 0 Å². The first-order valence-electron chi connectivity index (χ1n) is 5.57. The Bertz CT molecular complexity index is 270. The molecule has 0 amide bonds. The van der Waals surface area contributed by atoms with Gasteiger partial charge in [-0.05, 0) is 25.2 Å². The third-order valence-electron chi connectivity index (χ3n) is 2.69. The number of nitrogens with one attached hydrogen (secondary N) is 1. The van der Waals surface area contributed by atoms with Crippen LogP contribution in [0.5, 0.6) is 0 Å². The van der Waals surface area contributed by atoms with Gasteiger partial charge in [-0.1, -0.05) is 20.8 Å². The highest BCUT2D eigenvalue weighted by Gasteiger charge is 2.20. The second-order valence-corrected chi connectivity index (χ2v) is 7.49. The fourth-order valence-corrected chi connectivity index (χ4v) is 2.07. The van der Waals surface area contributed by atoms with E-state index in [2.05, 4.69) is 33.0 Å². The molecule has 0 fully saturated rings. The largest absolute Gasteiger partial charge is 0.314 e. The second-order valence-electron chi connectivity index (χ2n) is 5.23. The Morgan fingerprint density at radius 1 is 1.33 bits per heavy atom. The van der Waals surface area contributed by atoms with Crippen LogP contribution in [0.1, 0.15) is 40.5 Å². The molecule has 1 N–H and O–H groups in total. The molecule has 1 unspecified atom stereocenters. The van der Waals surface area contributed by atoms with Crippen LogP contribution in [0.25, 0.3) is 0 Å². The zero-order valence-electron chi connectivity index (χ0n) is 10.6. The summed E-state index contributed by atoms with van der Waals surface area (Å²) in [6, 6.07) is 0.502. The zero-order valence-corrected chi connectivity index (χ0v) is 11.4. The molecule has 0 saturated carbocycles. The SMILES string of the molecule is CCC(C)NCC(C)(C)CCS(C)(=O)=O. The molecule has 0 aromatic rings. The van der Waals surface area contributed by atoms with Crippen LogP contribution >= 0.6 is 0 Å². The zero-order chi connectivity index (χ0) is 12.1. The molecule has 0 aromatic heterocycles. The van der Waals surface area contributed by atoms with E-state index in [1.807, 2.05) is 0 Å². The Balaban J connectivity index is 3.97. The van der Waals surface area contributed by atoms with Crippen LogP contribution in [0.3, 0.4) is 0 Å². The molecule has 0 radical (unpaired) electrons. The van der Waals surface area contributed by atoms with E-state index in [0.717, 1.165) is 19.4 Å². The lowest BCUT2D eigenvalue weighted by molar-refractivity contribution is 0.311. The van der Waals surface area contributed by atoms with Crippen LogP contribution in [0.2, 0.25) is 0 Å². The van der Waals surface area contributed by atoms with Crippen molar-refractivity contribution in [2.45, 2.75) is 46.6 Å². The van der Waals surface area contributed by atoms with Crippen LogP contribution in [0.4, 0.5) is 0 Å². The minimum absolute atomic E-state index is 0.0481. The molecular weight excluding hydrogens is 210 g/mol. The third-order valence-corrected chi connectivity index (χ3v) is 3.64. The summed E-state index contributed by atoms with van der Waals surface area (Å²) in [4.78, 5) is 0. The van der Waals surface area contributed by atoms with E-state index in [9.17, 15) is 8.42 Å². The average molecular weight is 235 g/mol. The summed E-state index contributed by atoms with van der Waals surface area (Å²) in [6.45, 7) is 9.37. The average Bonchev–Trinajstić information content (AvgIpc) is 2.10. The first-order chi connectivity index (χ1) is 6.66. The maximum absolute atomic E-state index is 11.1. The predicted molar refractivity (Wildman–Crippen MR) is 65.9 cm³/mol. The second kappa shape index (κ2) is 5.85. The maximum Gasteiger partial charge on any atom is 0.147 e. The van der Waals surface area contributed by atoms with Crippen molar-refractivity contribution in [2.75, 3.05) is 18.6 Å². The lowest BCUT2D eigenvalue weighted by Gasteiger charge is -2.26. The number of rotatable bonds is 7. The van der Waals surface area contributed by atoms with Crippen LogP contribution in [-0.2, 0) is 9.84 Å². The normalized spacial score (nSPS) is 15.3. The quantitative estimate of drug-likeness (QED) is 0.732. The minimum Gasteiger partial charge on any atom is -0.314 e. The van der Waals surface area contributed by atoms with Gasteiger partial charge in [0.1, 0.15) is 9.84 Å². The monoisotopic (exact) mass is 235 g/mol. The molecule has 0 aliphatic carbocycles. The third kappa shape index (κ3) is 8.88. The summed E-state index contributed by atoms with van der Waals surface area (Å²) < 4.78 is 22.1. The number of sulfone groups is 1. The van der Waals surface area contributed by atoms with Gasteiger partial charge >= 0.3 is 0 Å². The van der Waals surface area contributed by atoms with Gasteiger partial charge in [0, 0.05) is 18.8 Å². The molecule has 92 valence electrons. The molecule has 0 spiro atoms. The Morgan fingerprint density at radius 2 is 1.87 bits per heavy atom. The van der Waals surface area contributed by atoms with Gasteiger partial charge in [-0.2, -0.15) is 0 Å². The number of hydrogen-bond donors (Lipinski definition) is 1. The molecule has 4 heteroatoms. The first kappa shape index (κ1) is 14.9. The molecule has 0 rings (SSSR count). The Kier molecular flexibility index (Phi) is 5.81. The van der Waals surface area contributed by atoms with Crippen molar-refractivity contribution >= 4 is 9.84 Å². The van der Waals surface area contributed by atoms with Crippen LogP contribution in [0, 0.1) is 5.41 Å². The van der Waals surface area contributed by atoms with Crippen LogP contribution in [0.15, 0.2) is 0 Å². The van der Waals surface area contributed by atoms with Crippen molar-refractivity contribution < 1.29 is 8.42 Å². The summed E-state index contributed by atoms with van der Waals surface area (Å²) in [6.07, 6.45) is 3.11. The highest BCUT2D eigenvalue weighted by molar-refractivity contribution is 7.90. The summed E-state index contributed by atoms with van der Waals surface area (Å²) in [5.41, 5.74) is 0.0481. The fraction of sp³-hybridized carbons (Fsp3) is 1.00. The minimum atomic E-state index is -2.83. The fourth-order valence-electron chi connectivity index (χ4n) is 1.14. The molecule has 15 heavy (non-hydrogen) atoms. The van der Waals surface area contributed by atoms with Gasteiger partial charge in [-0.3, -0.25) is 0 Å². The maximum atomic E-state index is 11.1. The summed E-state index contributed by atoms with van der Waals surface area (Å²) >= 11 is 0. The summed E-state index contributed by atoms with van der Waals surface area (Å²) in [7, 11) is -2.83. The van der Waals surface area contributed by atoms with Gasteiger partial charge in [-0.15, -0.1) is 0 Å². The molecule has 0 heterocycles. The molecule has 0 bridgehead atoms. The molecule has 3 nitrogen and oxygen atoms in total. The standard InChI is InChI=1S/C11H25NO2S/c1-6-10(2)12-9-11(3,4)7-8-15(5,13)14/h10,12H,6-9H2,1-5H3. The van der Waals surface area contributed by atoms with Crippen molar-refractivity contribution in [3.05, 3.63) is 0 Å². The van der Waals surface area contributed by atoms with Crippen molar-refractivity contribution in [1.29, 1.82) is 0 Å². The van der Waals surface area contributed by atoms with Gasteiger partial charge in [0.15, 0.2) is 0 Å². The Morgan fingerprint density at radius 3 is 2.27 bits per heavy atom. The lowest BCUT2D eigenvalue weighted by atomic mass is 9.90. The van der Waals surface area contributed by atoms with Crippen molar-refractivity contribution in [2.24, 2.45) is 5.41 Å². The van der Waals surface area contributed by atoms with E-state index in [0.29, 0.717) is 6.04 Å². The smallest absolute Gasteiger partial charge is 0.147 e. The van der Waals surface area contributed by atoms with Gasteiger partial charge < -0.3 is 5.32 Å². The highest BCUT2D eigenvalue weighted by Crippen LogP contribution is 2.20. The van der Waals surface area contributed by atoms with Gasteiger partial charge in [0.25, 0.3) is 0 Å². The van der Waals surface area contributed by atoms with E-state index in [1.54, 1.807) is 0 Å². The van der Waals surface area contributed by atoms with Crippen LogP contribution < -0.4 is 5.32 Å².